The van der Waals surface area contributed by atoms with Crippen molar-refractivity contribution in [1.29, 1.82) is 0 Å². The minimum absolute atomic E-state index is 0.0546. The molecule has 7 heteroatoms. The number of aromatic nitrogens is 3. The van der Waals surface area contributed by atoms with Crippen LogP contribution in [0.15, 0.2) is 58.6 Å². The van der Waals surface area contributed by atoms with Crippen molar-refractivity contribution in [1.82, 2.24) is 20.3 Å². The highest BCUT2D eigenvalue weighted by molar-refractivity contribution is 6.02. The molecule has 0 saturated carbocycles. The number of carbonyl (C=O) groups excluding carboxylic acids is 1. The molecule has 1 saturated heterocycles. The normalized spacial score (nSPS) is 16.3. The van der Waals surface area contributed by atoms with E-state index in [2.05, 4.69) is 27.7 Å². The molecule has 0 spiro atoms. The van der Waals surface area contributed by atoms with Crippen LogP contribution in [0.25, 0.3) is 0 Å². The number of rotatable bonds is 6. The monoisotopic (exact) mass is 405 g/mol. The highest BCUT2D eigenvalue weighted by Crippen LogP contribution is 2.28. The third-order valence-electron chi connectivity index (χ3n) is 5.47. The second-order valence-electron chi connectivity index (χ2n) is 7.94. The lowest BCUT2D eigenvalue weighted by Crippen LogP contribution is -2.30. The number of amides is 1. The Kier molecular flexibility index (Phi) is 5.44. The van der Waals surface area contributed by atoms with Crippen LogP contribution < -0.4 is 10.2 Å². The summed E-state index contributed by atoms with van der Waals surface area (Å²) in [6.07, 6.45) is 5.22. The summed E-state index contributed by atoms with van der Waals surface area (Å²) in [4.78, 5) is 15.0. The third-order valence-corrected chi connectivity index (χ3v) is 5.47. The van der Waals surface area contributed by atoms with Crippen LogP contribution >= 0.6 is 0 Å². The minimum Gasteiger partial charge on any atom is -0.361 e. The highest BCUT2D eigenvalue weighted by Gasteiger charge is 2.37. The van der Waals surface area contributed by atoms with E-state index < -0.39 is 0 Å². The van der Waals surface area contributed by atoms with Crippen LogP contribution in [0.3, 0.4) is 0 Å². The molecule has 1 unspecified atom stereocenters. The molecule has 1 aromatic carbocycles. The standard InChI is InChI=1S/C23H27N5O2/c1-15(2)22-25-21(11-10-18-8-6-5-7-9-18)23(29)28(22)19-12-24-27(13-19)14-20-16(3)26-30-17(20)4/h5-9,12-13,21,25H,10-11,14H2,1-4H3. The Morgan fingerprint density at radius 1 is 1.20 bits per heavy atom. The lowest BCUT2D eigenvalue weighted by molar-refractivity contribution is -0.118. The summed E-state index contributed by atoms with van der Waals surface area (Å²) in [6, 6.07) is 10.0. The molecule has 0 bridgehead atoms. The molecule has 7 nitrogen and oxygen atoms in total. The Hall–Kier alpha value is -3.35. The number of nitrogens with zero attached hydrogens (tertiary/aromatic N) is 4. The maximum atomic E-state index is 13.2. The predicted molar refractivity (Wildman–Crippen MR) is 115 cm³/mol. The number of allylic oxidation sites excluding steroid dienone is 1. The second kappa shape index (κ2) is 8.18. The molecule has 1 fully saturated rings. The fourth-order valence-electron chi connectivity index (χ4n) is 3.78. The summed E-state index contributed by atoms with van der Waals surface area (Å²) in [5, 5.41) is 11.9. The zero-order valence-electron chi connectivity index (χ0n) is 17.8. The van der Waals surface area contributed by atoms with Gasteiger partial charge >= 0.3 is 0 Å². The SMILES string of the molecule is CC(C)=C1NC(CCc2ccccc2)C(=O)N1c1cnn(Cc2c(C)noc2C)c1. The number of nitrogens with one attached hydrogen (secondary N) is 1. The molecule has 4 rings (SSSR count). The Bertz CT molecular complexity index is 1060. The summed E-state index contributed by atoms with van der Waals surface area (Å²) >= 11 is 0. The van der Waals surface area contributed by atoms with E-state index >= 15 is 0 Å². The fourth-order valence-corrected chi connectivity index (χ4v) is 3.78. The van der Waals surface area contributed by atoms with Crippen molar-refractivity contribution in [2.75, 3.05) is 4.90 Å². The predicted octanol–water partition coefficient (Wildman–Crippen LogP) is 3.73. The number of aryl methyl sites for hydroxylation is 3. The van der Waals surface area contributed by atoms with Crippen molar-refractivity contribution in [3.63, 3.8) is 0 Å². The van der Waals surface area contributed by atoms with Gasteiger partial charge in [0.25, 0.3) is 5.91 Å². The Labute approximate surface area is 176 Å². The molecule has 156 valence electrons. The van der Waals surface area contributed by atoms with Gasteiger partial charge in [0, 0.05) is 11.8 Å². The number of hydrogen-bond acceptors (Lipinski definition) is 5. The van der Waals surface area contributed by atoms with Crippen molar-refractivity contribution >= 4 is 11.6 Å². The van der Waals surface area contributed by atoms with E-state index in [1.54, 1.807) is 11.1 Å². The van der Waals surface area contributed by atoms with Gasteiger partial charge in [0.05, 0.1) is 24.1 Å². The van der Waals surface area contributed by atoms with Gasteiger partial charge in [-0.3, -0.25) is 14.4 Å². The first-order chi connectivity index (χ1) is 14.4. The van der Waals surface area contributed by atoms with Crippen molar-refractivity contribution in [2.45, 2.75) is 53.1 Å². The van der Waals surface area contributed by atoms with Gasteiger partial charge in [-0.05, 0) is 51.7 Å². The van der Waals surface area contributed by atoms with Gasteiger partial charge in [0.2, 0.25) is 0 Å². The van der Waals surface area contributed by atoms with E-state index in [-0.39, 0.29) is 11.9 Å². The first-order valence-corrected chi connectivity index (χ1v) is 10.2. The molecule has 1 N–H and O–H groups in total. The van der Waals surface area contributed by atoms with Crippen LogP contribution in [0.2, 0.25) is 0 Å². The molecule has 3 aromatic rings. The van der Waals surface area contributed by atoms with Gasteiger partial charge < -0.3 is 9.84 Å². The Balaban J connectivity index is 1.53. The lowest BCUT2D eigenvalue weighted by Gasteiger charge is -2.16. The number of anilines is 1. The summed E-state index contributed by atoms with van der Waals surface area (Å²) in [5.41, 5.74) is 4.92. The van der Waals surface area contributed by atoms with E-state index in [1.165, 1.54) is 5.56 Å². The van der Waals surface area contributed by atoms with Gasteiger partial charge in [0.1, 0.15) is 17.6 Å². The summed E-state index contributed by atoms with van der Waals surface area (Å²) in [5.74, 6) is 1.68. The van der Waals surface area contributed by atoms with Crippen LogP contribution in [-0.2, 0) is 17.8 Å². The van der Waals surface area contributed by atoms with Crippen molar-refractivity contribution in [2.24, 2.45) is 0 Å². The number of hydrogen-bond donors (Lipinski definition) is 1. The van der Waals surface area contributed by atoms with E-state index in [0.29, 0.717) is 6.54 Å². The third kappa shape index (κ3) is 3.87. The molecule has 1 amide bonds. The van der Waals surface area contributed by atoms with Crippen LogP contribution in [-0.4, -0.2) is 26.9 Å². The topological polar surface area (TPSA) is 76.2 Å². The molecule has 1 aliphatic rings. The molecule has 2 aromatic heterocycles. The average molecular weight is 406 g/mol. The van der Waals surface area contributed by atoms with Crippen LogP contribution in [0, 0.1) is 13.8 Å². The maximum Gasteiger partial charge on any atom is 0.255 e. The summed E-state index contributed by atoms with van der Waals surface area (Å²) in [7, 11) is 0. The van der Waals surface area contributed by atoms with Crippen LogP contribution in [0.5, 0.6) is 0 Å². The first kappa shape index (κ1) is 19.9. The fraction of sp³-hybridized carbons (Fsp3) is 0.348. The summed E-state index contributed by atoms with van der Waals surface area (Å²) in [6.45, 7) is 8.39. The van der Waals surface area contributed by atoms with Gasteiger partial charge in [0.15, 0.2) is 0 Å². The molecular weight excluding hydrogens is 378 g/mol. The minimum atomic E-state index is -0.249. The maximum absolute atomic E-state index is 13.2. The van der Waals surface area contributed by atoms with Crippen molar-refractivity contribution < 1.29 is 9.32 Å². The van der Waals surface area contributed by atoms with Crippen LogP contribution in [0.4, 0.5) is 5.69 Å². The van der Waals surface area contributed by atoms with E-state index in [4.69, 9.17) is 4.52 Å². The van der Waals surface area contributed by atoms with Gasteiger partial charge in [-0.25, -0.2) is 0 Å². The molecule has 1 aliphatic heterocycles. The lowest BCUT2D eigenvalue weighted by atomic mass is 10.1. The van der Waals surface area contributed by atoms with Crippen molar-refractivity contribution in [3.05, 3.63) is 76.7 Å². The van der Waals surface area contributed by atoms with E-state index in [1.807, 2.05) is 56.8 Å². The van der Waals surface area contributed by atoms with Gasteiger partial charge in [-0.15, -0.1) is 0 Å². The van der Waals surface area contributed by atoms with Crippen molar-refractivity contribution in [3.8, 4) is 0 Å². The van der Waals surface area contributed by atoms with E-state index in [9.17, 15) is 4.79 Å². The van der Waals surface area contributed by atoms with Crippen LogP contribution in [0.1, 0.15) is 42.8 Å². The van der Waals surface area contributed by atoms with Gasteiger partial charge in [-0.2, -0.15) is 5.10 Å². The zero-order valence-corrected chi connectivity index (χ0v) is 17.8. The molecule has 3 heterocycles. The van der Waals surface area contributed by atoms with Gasteiger partial charge in [-0.1, -0.05) is 35.5 Å². The number of carbonyl (C=O) groups is 1. The van der Waals surface area contributed by atoms with E-state index in [0.717, 1.165) is 46.9 Å². The smallest absolute Gasteiger partial charge is 0.255 e. The molecule has 0 aliphatic carbocycles. The molecule has 0 radical (unpaired) electrons. The Morgan fingerprint density at radius 2 is 1.97 bits per heavy atom. The number of benzene rings is 1. The largest absolute Gasteiger partial charge is 0.361 e. The zero-order chi connectivity index (χ0) is 21.3. The quantitative estimate of drug-likeness (QED) is 0.676. The molecule has 30 heavy (non-hydrogen) atoms. The average Bonchev–Trinajstić information content (AvgIpc) is 3.41. The molecular formula is C23H27N5O2. The Morgan fingerprint density at radius 3 is 2.63 bits per heavy atom. The molecule has 1 atom stereocenters. The first-order valence-electron chi connectivity index (χ1n) is 10.2. The second-order valence-corrected chi connectivity index (χ2v) is 7.94. The highest BCUT2D eigenvalue weighted by atomic mass is 16.5. The summed E-state index contributed by atoms with van der Waals surface area (Å²) < 4.78 is 7.06.